The van der Waals surface area contributed by atoms with Gasteiger partial charge in [-0.3, -0.25) is 4.79 Å². The molecular weight excluding hydrogens is 296 g/mol. The Morgan fingerprint density at radius 1 is 1.00 bits per heavy atom. The molecule has 3 saturated carbocycles. The Morgan fingerprint density at radius 3 is 2.38 bits per heavy atom. The van der Waals surface area contributed by atoms with Crippen molar-refractivity contribution in [1.82, 2.24) is 0 Å². The summed E-state index contributed by atoms with van der Waals surface area (Å²) >= 11 is 0. The quantitative estimate of drug-likeness (QED) is 0.641. The van der Waals surface area contributed by atoms with E-state index in [2.05, 4.69) is 40.7 Å². The number of hydrogen-bond donors (Lipinski definition) is 1. The molecule has 2 nitrogen and oxygen atoms in total. The fourth-order valence-electron chi connectivity index (χ4n) is 7.46. The molecule has 0 aromatic carbocycles. The van der Waals surface area contributed by atoms with Crippen molar-refractivity contribution >= 4 is 5.78 Å². The van der Waals surface area contributed by atoms with E-state index in [9.17, 15) is 9.90 Å². The third-order valence-corrected chi connectivity index (χ3v) is 9.27. The lowest BCUT2D eigenvalue weighted by molar-refractivity contribution is -0.135. The lowest BCUT2D eigenvalue weighted by Gasteiger charge is -2.60. The molecule has 0 saturated heterocycles. The molecule has 0 unspecified atom stereocenters. The van der Waals surface area contributed by atoms with Gasteiger partial charge in [0.05, 0.1) is 5.60 Å². The third kappa shape index (κ3) is 1.84. The summed E-state index contributed by atoms with van der Waals surface area (Å²) < 4.78 is 0. The van der Waals surface area contributed by atoms with Gasteiger partial charge < -0.3 is 5.11 Å². The van der Waals surface area contributed by atoms with E-state index in [0.29, 0.717) is 23.5 Å². The summed E-state index contributed by atoms with van der Waals surface area (Å²) in [5, 5.41) is 11.0. The molecule has 4 aliphatic carbocycles. The Hall–Kier alpha value is -0.630. The van der Waals surface area contributed by atoms with Crippen LogP contribution in [0.25, 0.3) is 0 Å². The standard InChI is InChI=1S/C22H34O2/c1-19(2)17-7-6-14-15(20(17,3)11-10-18(19)23)8-12-21(4)16(14)9-13-22(21,5)24/h7,14-16,24H,6,8-13H2,1-5H3/t14-,15+,16+,20-,21+,22+/m1/s1. The highest BCUT2D eigenvalue weighted by atomic mass is 16.3. The second-order valence-electron chi connectivity index (χ2n) is 10.5. The molecule has 0 aliphatic heterocycles. The van der Waals surface area contributed by atoms with Crippen LogP contribution in [0.1, 0.15) is 79.6 Å². The number of fused-ring (bicyclic) bond motifs is 5. The zero-order valence-corrected chi connectivity index (χ0v) is 16.1. The van der Waals surface area contributed by atoms with Crippen LogP contribution >= 0.6 is 0 Å². The summed E-state index contributed by atoms with van der Waals surface area (Å²) in [7, 11) is 0. The summed E-state index contributed by atoms with van der Waals surface area (Å²) in [5.41, 5.74) is 0.919. The lowest BCUT2D eigenvalue weighted by atomic mass is 9.44. The Morgan fingerprint density at radius 2 is 1.67 bits per heavy atom. The van der Waals surface area contributed by atoms with E-state index in [1.807, 2.05) is 0 Å². The van der Waals surface area contributed by atoms with Crippen LogP contribution < -0.4 is 0 Å². The monoisotopic (exact) mass is 330 g/mol. The minimum absolute atomic E-state index is 0.0792. The maximum Gasteiger partial charge on any atom is 0.142 e. The van der Waals surface area contributed by atoms with Gasteiger partial charge in [0.25, 0.3) is 0 Å². The van der Waals surface area contributed by atoms with Crippen LogP contribution in [0.2, 0.25) is 0 Å². The molecule has 0 radical (unpaired) electrons. The maximum atomic E-state index is 12.5. The van der Waals surface area contributed by atoms with Gasteiger partial charge >= 0.3 is 0 Å². The fraction of sp³-hybridized carbons (Fsp3) is 0.864. The van der Waals surface area contributed by atoms with E-state index in [4.69, 9.17) is 0 Å². The van der Waals surface area contributed by atoms with Crippen LogP contribution in [0, 0.1) is 34.0 Å². The van der Waals surface area contributed by atoms with E-state index in [-0.39, 0.29) is 16.2 Å². The molecule has 4 aliphatic rings. The van der Waals surface area contributed by atoms with E-state index < -0.39 is 5.60 Å². The second kappa shape index (κ2) is 4.75. The normalized spacial score (nSPS) is 53.0. The van der Waals surface area contributed by atoms with Crippen LogP contribution in [0.3, 0.4) is 0 Å². The summed E-state index contributed by atoms with van der Waals surface area (Å²) in [6.07, 6.45) is 9.81. The van der Waals surface area contributed by atoms with Crippen molar-refractivity contribution in [3.8, 4) is 0 Å². The van der Waals surface area contributed by atoms with Crippen molar-refractivity contribution in [2.75, 3.05) is 0 Å². The number of rotatable bonds is 0. The van der Waals surface area contributed by atoms with Gasteiger partial charge in [0.1, 0.15) is 5.78 Å². The first-order chi connectivity index (χ1) is 11.0. The molecule has 0 aromatic rings. The number of Topliss-reactive ketones (excluding diaryl/α,β-unsaturated/α-hetero) is 1. The first-order valence-corrected chi connectivity index (χ1v) is 10.0. The van der Waals surface area contributed by atoms with Crippen LogP contribution in [0.15, 0.2) is 11.6 Å². The van der Waals surface area contributed by atoms with Crippen molar-refractivity contribution in [1.29, 1.82) is 0 Å². The van der Waals surface area contributed by atoms with Gasteiger partial charge in [-0.15, -0.1) is 0 Å². The van der Waals surface area contributed by atoms with E-state index in [1.165, 1.54) is 18.4 Å². The number of carbonyl (C=O) groups excluding carboxylic acids is 1. The zero-order valence-electron chi connectivity index (χ0n) is 16.1. The smallest absolute Gasteiger partial charge is 0.142 e. The summed E-state index contributed by atoms with van der Waals surface area (Å²) in [6, 6.07) is 0. The summed E-state index contributed by atoms with van der Waals surface area (Å²) in [4.78, 5) is 12.5. The molecule has 0 amide bonds. The van der Waals surface area contributed by atoms with Crippen molar-refractivity contribution in [3.63, 3.8) is 0 Å². The average molecular weight is 331 g/mol. The highest BCUT2D eigenvalue weighted by molar-refractivity contribution is 5.89. The predicted octanol–water partition coefficient (Wildman–Crippen LogP) is 4.91. The number of hydrogen-bond acceptors (Lipinski definition) is 2. The Bertz CT molecular complexity index is 613. The van der Waals surface area contributed by atoms with Crippen LogP contribution in [0.4, 0.5) is 0 Å². The highest BCUT2D eigenvalue weighted by Crippen LogP contribution is 2.68. The first kappa shape index (κ1) is 16.8. The zero-order chi connectivity index (χ0) is 17.5. The highest BCUT2D eigenvalue weighted by Gasteiger charge is 2.63. The van der Waals surface area contributed by atoms with Gasteiger partial charge in [-0.1, -0.05) is 25.5 Å². The van der Waals surface area contributed by atoms with Gasteiger partial charge in [-0.25, -0.2) is 0 Å². The minimum atomic E-state index is -0.505. The summed E-state index contributed by atoms with van der Waals surface area (Å²) in [5.74, 6) is 2.45. The average Bonchev–Trinajstić information content (AvgIpc) is 2.74. The molecule has 6 atom stereocenters. The first-order valence-electron chi connectivity index (χ1n) is 10.0. The van der Waals surface area contributed by atoms with Crippen molar-refractivity contribution in [2.45, 2.75) is 85.2 Å². The number of aliphatic hydroxyl groups is 1. The SMILES string of the molecule is CC1(C)C(=O)CC[C@@]2(C)C1=CC[C@@H]1[C@@H]2CC[C@@]2(C)[C@H]1CC[C@]2(C)O. The molecule has 0 aromatic heterocycles. The summed E-state index contributed by atoms with van der Waals surface area (Å²) in [6.45, 7) is 11.1. The molecule has 4 rings (SSSR count). The van der Waals surface area contributed by atoms with Gasteiger partial charge in [-0.05, 0) is 87.9 Å². The van der Waals surface area contributed by atoms with E-state index in [1.54, 1.807) is 0 Å². The predicted molar refractivity (Wildman–Crippen MR) is 96.5 cm³/mol. The fourth-order valence-corrected chi connectivity index (χ4v) is 7.46. The van der Waals surface area contributed by atoms with Crippen molar-refractivity contribution in [3.05, 3.63) is 11.6 Å². The van der Waals surface area contributed by atoms with Gasteiger partial charge in [0, 0.05) is 11.8 Å². The minimum Gasteiger partial charge on any atom is -0.390 e. The lowest BCUT2D eigenvalue weighted by Crippen LogP contribution is -2.55. The maximum absolute atomic E-state index is 12.5. The number of allylic oxidation sites excluding steroid dienone is 2. The molecule has 0 spiro atoms. The Labute approximate surface area is 147 Å². The van der Waals surface area contributed by atoms with E-state index >= 15 is 0 Å². The molecule has 134 valence electrons. The van der Waals surface area contributed by atoms with Crippen LogP contribution in [-0.2, 0) is 4.79 Å². The number of ketones is 1. The van der Waals surface area contributed by atoms with Gasteiger partial charge in [0.15, 0.2) is 0 Å². The second-order valence-corrected chi connectivity index (χ2v) is 10.5. The van der Waals surface area contributed by atoms with E-state index in [0.717, 1.165) is 32.1 Å². The molecule has 0 bridgehead atoms. The molecule has 1 N–H and O–H groups in total. The third-order valence-electron chi connectivity index (χ3n) is 9.27. The molecule has 0 heterocycles. The molecule has 3 fully saturated rings. The van der Waals surface area contributed by atoms with Crippen LogP contribution in [-0.4, -0.2) is 16.5 Å². The largest absolute Gasteiger partial charge is 0.390 e. The van der Waals surface area contributed by atoms with Crippen LogP contribution in [0.5, 0.6) is 0 Å². The number of carbonyl (C=O) groups is 1. The van der Waals surface area contributed by atoms with Gasteiger partial charge in [-0.2, -0.15) is 0 Å². The molecule has 24 heavy (non-hydrogen) atoms. The van der Waals surface area contributed by atoms with Crippen molar-refractivity contribution < 1.29 is 9.90 Å². The topological polar surface area (TPSA) is 37.3 Å². The van der Waals surface area contributed by atoms with Crippen molar-refractivity contribution in [2.24, 2.45) is 34.0 Å². The Balaban J connectivity index is 1.75. The Kier molecular flexibility index (Phi) is 3.33. The van der Waals surface area contributed by atoms with Gasteiger partial charge in [0.2, 0.25) is 0 Å². The molecule has 2 heteroatoms. The molecular formula is C22H34O2.